The second-order valence-electron chi connectivity index (χ2n) is 3.14. The number of carbonyl (C=O) groups is 1. The lowest BCUT2D eigenvalue weighted by Gasteiger charge is -1.86. The molecule has 0 spiro atoms. The largest absolute Gasteiger partial charge is 0.372 e. The molecule has 0 aromatic heterocycles. The lowest BCUT2D eigenvalue weighted by molar-refractivity contribution is -0.106. The minimum Gasteiger partial charge on any atom is -0.372 e. The Balaban J connectivity index is -0.000000123. The lowest BCUT2D eigenvalue weighted by Crippen LogP contribution is -1.82. The molecule has 1 amide bonds. The maximum absolute atomic E-state index is 8.58. The minimum atomic E-state index is 0.111. The molecule has 0 heterocycles. The fourth-order valence-electron chi connectivity index (χ4n) is 0.250. The van der Waals surface area contributed by atoms with Gasteiger partial charge in [-0.15, -0.1) is 0 Å². The minimum absolute atomic E-state index is 0.111. The third-order valence-electron chi connectivity index (χ3n) is 1.25. The molecule has 0 aromatic carbocycles. The number of halogens is 2. The van der Waals surface area contributed by atoms with Crippen molar-refractivity contribution in [3.05, 3.63) is 11.1 Å². The van der Waals surface area contributed by atoms with E-state index >= 15 is 0 Å². The van der Waals surface area contributed by atoms with Crippen molar-refractivity contribution in [3.8, 4) is 0 Å². The highest BCUT2D eigenvalue weighted by molar-refractivity contribution is 6.55. The summed E-state index contributed by atoms with van der Waals surface area (Å²) >= 11 is 9.69. The van der Waals surface area contributed by atoms with E-state index in [0.29, 0.717) is 0 Å². The number of primary amides is 1. The van der Waals surface area contributed by atoms with E-state index in [-0.39, 0.29) is 10.9 Å². The zero-order chi connectivity index (χ0) is 12.2. The van der Waals surface area contributed by atoms with Crippen molar-refractivity contribution >= 4 is 29.6 Å². The highest BCUT2D eigenvalue weighted by Gasteiger charge is 2.30. The Hall–Kier alpha value is -0.210. The van der Waals surface area contributed by atoms with Gasteiger partial charge in [-0.2, -0.15) is 0 Å². The highest BCUT2D eigenvalue weighted by Crippen LogP contribution is 2.43. The molecule has 2 N–H and O–H groups in total. The summed E-state index contributed by atoms with van der Waals surface area (Å²) in [6, 6.07) is 0. The second-order valence-corrected chi connectivity index (χ2v) is 4.24. The van der Waals surface area contributed by atoms with Gasteiger partial charge in [0.25, 0.3) is 0 Å². The number of hydrogen-bond donors (Lipinski definition) is 1. The van der Waals surface area contributed by atoms with Crippen LogP contribution in [-0.2, 0) is 4.79 Å². The van der Waals surface area contributed by atoms with Gasteiger partial charge < -0.3 is 5.73 Å². The quantitative estimate of drug-likeness (QED) is 0.644. The Morgan fingerprint density at radius 2 is 1.43 bits per heavy atom. The van der Waals surface area contributed by atoms with Crippen molar-refractivity contribution in [1.29, 1.82) is 0 Å². The molecule has 0 atom stereocenters. The maximum Gasteiger partial charge on any atom is 0.204 e. The number of rotatable bonds is 0. The van der Waals surface area contributed by atoms with E-state index in [1.165, 1.54) is 12.8 Å². The first-order chi connectivity index (χ1) is 6.35. The first-order valence-corrected chi connectivity index (χ1v) is 5.26. The molecule has 1 aliphatic rings. The van der Waals surface area contributed by atoms with Crippen LogP contribution in [0.15, 0.2) is 11.1 Å². The first kappa shape index (κ1) is 19.4. The van der Waals surface area contributed by atoms with Gasteiger partial charge in [-0.3, -0.25) is 4.79 Å². The van der Waals surface area contributed by atoms with E-state index in [2.05, 4.69) is 26.2 Å². The van der Waals surface area contributed by atoms with Gasteiger partial charge >= 0.3 is 0 Å². The van der Waals surface area contributed by atoms with Crippen LogP contribution in [0.3, 0.4) is 0 Å². The molecule has 0 aliphatic heterocycles. The summed E-state index contributed by atoms with van der Waals surface area (Å²) in [4.78, 5) is 8.58. The molecule has 0 radical (unpaired) electrons. The van der Waals surface area contributed by atoms with Crippen molar-refractivity contribution in [3.63, 3.8) is 0 Å². The highest BCUT2D eigenvalue weighted by atomic mass is 35.5. The molecule has 1 rings (SSSR count). The fourth-order valence-corrected chi connectivity index (χ4v) is 0.250. The number of amides is 1. The standard InChI is InChI=1S/C5H10.C2H2Cl2.C2H6.CH3NO/c1-5(2)3-4-5;1-2(3)4;1-2;2-1-3/h3-4H2,1-2H3;1H2;1-2H3;1H,(H2,2,3). The van der Waals surface area contributed by atoms with Crippen LogP contribution in [0.4, 0.5) is 0 Å². The zero-order valence-corrected chi connectivity index (χ0v) is 11.0. The third-order valence-corrected chi connectivity index (χ3v) is 1.25. The Kier molecular flexibility index (Phi) is 17.7. The molecule has 0 unspecified atom stereocenters. The smallest absolute Gasteiger partial charge is 0.204 e. The summed E-state index contributed by atoms with van der Waals surface area (Å²) in [5, 5.41) is 0. The van der Waals surface area contributed by atoms with Gasteiger partial charge in [0.2, 0.25) is 6.41 Å². The zero-order valence-electron chi connectivity index (χ0n) is 9.44. The van der Waals surface area contributed by atoms with Crippen LogP contribution in [0.1, 0.15) is 40.5 Å². The summed E-state index contributed by atoms with van der Waals surface area (Å²) in [6.07, 6.45) is 3.15. The summed E-state index contributed by atoms with van der Waals surface area (Å²) < 4.78 is 0.111. The fraction of sp³-hybridized carbons (Fsp3) is 0.700. The van der Waals surface area contributed by atoms with Crippen molar-refractivity contribution < 1.29 is 4.79 Å². The Morgan fingerprint density at radius 1 is 1.36 bits per heavy atom. The summed E-state index contributed by atoms with van der Waals surface area (Å²) in [5.41, 5.74) is 4.92. The lowest BCUT2D eigenvalue weighted by atomic mass is 10.2. The SMILES string of the molecule is C=C(Cl)Cl.CC.CC1(C)CC1.NC=O. The van der Waals surface area contributed by atoms with E-state index in [1.807, 2.05) is 13.8 Å². The molecule has 2 nitrogen and oxygen atoms in total. The monoisotopic (exact) mass is 241 g/mol. The predicted molar refractivity (Wildman–Crippen MR) is 65.5 cm³/mol. The van der Waals surface area contributed by atoms with Gasteiger partial charge in [-0.1, -0.05) is 57.5 Å². The van der Waals surface area contributed by atoms with E-state index < -0.39 is 0 Å². The Labute approximate surface area is 97.5 Å². The van der Waals surface area contributed by atoms with E-state index in [9.17, 15) is 0 Å². The van der Waals surface area contributed by atoms with Gasteiger partial charge in [-0.05, 0) is 18.3 Å². The average molecular weight is 242 g/mol. The van der Waals surface area contributed by atoms with Crippen LogP contribution < -0.4 is 5.73 Å². The van der Waals surface area contributed by atoms with Crippen molar-refractivity contribution in [2.45, 2.75) is 40.5 Å². The third kappa shape index (κ3) is 59.8. The number of carbonyl (C=O) groups excluding carboxylic acids is 1. The van der Waals surface area contributed by atoms with Crippen LogP contribution in [0.5, 0.6) is 0 Å². The summed E-state index contributed by atoms with van der Waals surface area (Å²) in [5.74, 6) is 0. The van der Waals surface area contributed by atoms with Crippen LogP contribution in [-0.4, -0.2) is 6.41 Å². The molecular formula is C10H21Cl2NO. The van der Waals surface area contributed by atoms with Crippen LogP contribution in [0, 0.1) is 5.41 Å². The normalized spacial score (nSPS) is 13.9. The van der Waals surface area contributed by atoms with Crippen molar-refractivity contribution in [2.75, 3.05) is 0 Å². The van der Waals surface area contributed by atoms with Gasteiger partial charge in [-0.25, -0.2) is 0 Å². The molecule has 1 aliphatic carbocycles. The van der Waals surface area contributed by atoms with Gasteiger partial charge in [0, 0.05) is 0 Å². The summed E-state index contributed by atoms with van der Waals surface area (Å²) in [6.45, 7) is 11.7. The van der Waals surface area contributed by atoms with Gasteiger partial charge in [0.05, 0.1) is 4.49 Å². The molecular weight excluding hydrogens is 221 g/mol. The van der Waals surface area contributed by atoms with E-state index in [1.54, 1.807) is 0 Å². The molecule has 0 saturated heterocycles. The first-order valence-electron chi connectivity index (χ1n) is 4.51. The number of nitrogens with two attached hydrogens (primary N) is 1. The van der Waals surface area contributed by atoms with E-state index in [4.69, 9.17) is 28.0 Å². The molecule has 86 valence electrons. The average Bonchev–Trinajstić information content (AvgIpc) is 2.70. The second kappa shape index (κ2) is 12.8. The topological polar surface area (TPSA) is 43.1 Å². The molecule has 0 aromatic rings. The van der Waals surface area contributed by atoms with Gasteiger partial charge in [0.15, 0.2) is 0 Å². The summed E-state index contributed by atoms with van der Waals surface area (Å²) in [7, 11) is 0. The Morgan fingerprint density at radius 3 is 1.43 bits per heavy atom. The molecule has 4 heteroatoms. The van der Waals surface area contributed by atoms with Crippen molar-refractivity contribution in [2.24, 2.45) is 11.1 Å². The molecule has 1 saturated carbocycles. The van der Waals surface area contributed by atoms with E-state index in [0.717, 1.165) is 5.41 Å². The van der Waals surface area contributed by atoms with Crippen LogP contribution in [0.2, 0.25) is 0 Å². The van der Waals surface area contributed by atoms with Crippen LogP contribution >= 0.6 is 23.2 Å². The van der Waals surface area contributed by atoms with Gasteiger partial charge in [0.1, 0.15) is 0 Å². The molecule has 14 heavy (non-hydrogen) atoms. The molecule has 1 fully saturated rings. The molecule has 0 bridgehead atoms. The van der Waals surface area contributed by atoms with Crippen molar-refractivity contribution in [1.82, 2.24) is 0 Å². The predicted octanol–water partition coefficient (Wildman–Crippen LogP) is 3.87. The van der Waals surface area contributed by atoms with Crippen LogP contribution in [0.25, 0.3) is 0 Å². The maximum atomic E-state index is 8.58. The number of hydrogen-bond acceptors (Lipinski definition) is 1. The Bertz CT molecular complexity index is 137.